The maximum atomic E-state index is 12.7. The van der Waals surface area contributed by atoms with Crippen LogP contribution in [0.2, 0.25) is 5.02 Å². The Morgan fingerprint density at radius 3 is 2.34 bits per heavy atom. The van der Waals surface area contributed by atoms with Crippen molar-refractivity contribution in [3.63, 3.8) is 0 Å². The molecular weight excluding hydrogens is 382 g/mol. The molecule has 4 saturated carbocycles. The zero-order valence-corrected chi connectivity index (χ0v) is 17.8. The lowest BCUT2D eigenvalue weighted by Crippen LogP contribution is -2.56. The predicted molar refractivity (Wildman–Crippen MR) is 115 cm³/mol. The number of carbonyl (C=O) groups excluding carboxylic acids is 1. The van der Waals surface area contributed by atoms with E-state index in [1.165, 1.54) is 38.5 Å². The summed E-state index contributed by atoms with van der Waals surface area (Å²) in [6.07, 6.45) is 10.2. The first kappa shape index (κ1) is 20.3. The summed E-state index contributed by atoms with van der Waals surface area (Å²) in [7, 11) is 0. The molecule has 29 heavy (non-hydrogen) atoms. The summed E-state index contributed by atoms with van der Waals surface area (Å²) in [5.74, 6) is 2.29. The van der Waals surface area contributed by atoms with Crippen molar-refractivity contribution in [2.75, 3.05) is 6.54 Å². The van der Waals surface area contributed by atoms with E-state index in [1.54, 1.807) is 6.20 Å². The van der Waals surface area contributed by atoms with Crippen molar-refractivity contribution in [3.05, 3.63) is 46.6 Å². The third kappa shape index (κ3) is 4.46. The van der Waals surface area contributed by atoms with Gasteiger partial charge in [-0.2, -0.15) is 5.26 Å². The Labute approximate surface area is 178 Å². The lowest BCUT2D eigenvalue weighted by Gasteiger charge is -2.59. The van der Waals surface area contributed by atoms with E-state index >= 15 is 0 Å². The number of amides is 1. The first-order valence-electron chi connectivity index (χ1n) is 10.9. The smallest absolute Gasteiger partial charge is 0.263 e. The van der Waals surface area contributed by atoms with Crippen molar-refractivity contribution in [1.82, 2.24) is 10.6 Å². The highest BCUT2D eigenvalue weighted by Crippen LogP contribution is 2.61. The van der Waals surface area contributed by atoms with Gasteiger partial charge in [0.25, 0.3) is 5.91 Å². The van der Waals surface area contributed by atoms with Gasteiger partial charge >= 0.3 is 0 Å². The molecule has 4 fully saturated rings. The Hall–Kier alpha value is -1.99. The van der Waals surface area contributed by atoms with Gasteiger partial charge in [-0.15, -0.1) is 0 Å². The maximum Gasteiger partial charge on any atom is 0.263 e. The molecule has 0 aromatic heterocycles. The Balaban J connectivity index is 1.31. The van der Waals surface area contributed by atoms with Gasteiger partial charge in [0.2, 0.25) is 0 Å². The molecule has 0 aliphatic heterocycles. The highest BCUT2D eigenvalue weighted by Gasteiger charge is 2.53. The summed E-state index contributed by atoms with van der Waals surface area (Å²) in [5, 5.41) is 16.5. The molecule has 1 amide bonds. The topological polar surface area (TPSA) is 64.9 Å². The summed E-state index contributed by atoms with van der Waals surface area (Å²) >= 11 is 5.90. The lowest BCUT2D eigenvalue weighted by atomic mass is 9.48. The van der Waals surface area contributed by atoms with Crippen LogP contribution >= 0.6 is 11.6 Å². The van der Waals surface area contributed by atoms with E-state index in [2.05, 4.69) is 23.6 Å². The first-order valence-corrected chi connectivity index (χ1v) is 11.2. The van der Waals surface area contributed by atoms with Gasteiger partial charge in [-0.25, -0.2) is 0 Å². The first-order chi connectivity index (χ1) is 14.0. The fourth-order valence-electron chi connectivity index (χ4n) is 6.33. The van der Waals surface area contributed by atoms with Crippen molar-refractivity contribution in [1.29, 1.82) is 5.26 Å². The van der Waals surface area contributed by atoms with Crippen molar-refractivity contribution < 1.29 is 4.79 Å². The molecule has 1 unspecified atom stereocenters. The van der Waals surface area contributed by atoms with Crippen LogP contribution in [0, 0.1) is 34.5 Å². The average Bonchev–Trinajstić information content (AvgIpc) is 2.68. The number of benzene rings is 1. The zero-order valence-electron chi connectivity index (χ0n) is 17.1. The van der Waals surface area contributed by atoms with Crippen molar-refractivity contribution >= 4 is 17.5 Å². The fourth-order valence-corrected chi connectivity index (χ4v) is 6.45. The van der Waals surface area contributed by atoms with Crippen LogP contribution in [0.25, 0.3) is 0 Å². The average molecular weight is 412 g/mol. The van der Waals surface area contributed by atoms with Crippen LogP contribution in [-0.2, 0) is 11.2 Å². The molecule has 1 aromatic carbocycles. The second-order valence-corrected chi connectivity index (χ2v) is 9.91. The molecule has 4 nitrogen and oxygen atoms in total. The van der Waals surface area contributed by atoms with E-state index in [0.29, 0.717) is 6.54 Å². The van der Waals surface area contributed by atoms with Gasteiger partial charge in [0.1, 0.15) is 11.6 Å². The SMILES string of the molecule is CC(NC(=O)/C(C#N)=C\NCCc1ccc(Cl)cc1)C12CC3CC(CC(C3)C1)C2. The third-order valence-corrected chi connectivity index (χ3v) is 7.69. The van der Waals surface area contributed by atoms with Crippen LogP contribution < -0.4 is 10.6 Å². The normalized spacial score (nSPS) is 31.2. The molecule has 4 bridgehead atoms. The standard InChI is InChI=1S/C24H30ClN3O/c1-16(24-11-18-8-19(12-24)10-20(9-18)13-24)28-23(29)21(14-26)15-27-7-6-17-2-4-22(25)5-3-17/h2-5,15-16,18-20,27H,6-13H2,1H3,(H,28,29)/b21-15-. The summed E-state index contributed by atoms with van der Waals surface area (Å²) in [4.78, 5) is 12.7. The number of rotatable bonds is 7. The molecular formula is C24H30ClN3O. The Bertz CT molecular complexity index is 788. The van der Waals surface area contributed by atoms with Crippen molar-refractivity contribution in [3.8, 4) is 6.07 Å². The van der Waals surface area contributed by atoms with E-state index in [-0.39, 0.29) is 22.9 Å². The number of nitrogens with one attached hydrogen (secondary N) is 2. The van der Waals surface area contributed by atoms with Crippen molar-refractivity contribution in [2.24, 2.45) is 23.2 Å². The molecule has 5 rings (SSSR count). The monoisotopic (exact) mass is 411 g/mol. The summed E-state index contributed by atoms with van der Waals surface area (Å²) in [5.41, 5.74) is 1.55. The number of hydrogen-bond donors (Lipinski definition) is 2. The molecule has 0 saturated heterocycles. The molecule has 4 aliphatic carbocycles. The van der Waals surface area contributed by atoms with E-state index in [0.717, 1.165) is 34.8 Å². The summed E-state index contributed by atoms with van der Waals surface area (Å²) in [6.45, 7) is 2.80. The number of nitrogens with zero attached hydrogens (tertiary/aromatic N) is 1. The predicted octanol–water partition coefficient (Wildman–Crippen LogP) is 4.60. The molecule has 4 aliphatic rings. The minimum Gasteiger partial charge on any atom is -0.389 e. The Morgan fingerprint density at radius 2 is 1.79 bits per heavy atom. The van der Waals surface area contributed by atoms with Crippen LogP contribution in [0.1, 0.15) is 51.0 Å². The van der Waals surface area contributed by atoms with Crippen LogP contribution in [-0.4, -0.2) is 18.5 Å². The molecule has 0 radical (unpaired) electrons. The summed E-state index contributed by atoms with van der Waals surface area (Å²) < 4.78 is 0. The van der Waals surface area contributed by atoms with Crippen LogP contribution in [0.3, 0.4) is 0 Å². The van der Waals surface area contributed by atoms with Crippen LogP contribution in [0.15, 0.2) is 36.0 Å². The van der Waals surface area contributed by atoms with Crippen LogP contribution in [0.4, 0.5) is 0 Å². The summed E-state index contributed by atoms with van der Waals surface area (Å²) in [6, 6.07) is 9.88. The fraction of sp³-hybridized carbons (Fsp3) is 0.583. The van der Waals surface area contributed by atoms with Crippen LogP contribution in [0.5, 0.6) is 0 Å². The van der Waals surface area contributed by atoms with Gasteiger partial charge in [0.05, 0.1) is 0 Å². The largest absolute Gasteiger partial charge is 0.389 e. The molecule has 5 heteroatoms. The highest BCUT2D eigenvalue weighted by molar-refractivity contribution is 6.30. The number of hydrogen-bond acceptors (Lipinski definition) is 3. The molecule has 0 spiro atoms. The van der Waals surface area contributed by atoms with Gasteiger partial charge in [0.15, 0.2) is 0 Å². The van der Waals surface area contributed by atoms with E-state index in [9.17, 15) is 10.1 Å². The van der Waals surface area contributed by atoms with E-state index in [1.807, 2.05) is 24.3 Å². The van der Waals surface area contributed by atoms with Crippen molar-refractivity contribution in [2.45, 2.75) is 57.9 Å². The van der Waals surface area contributed by atoms with E-state index in [4.69, 9.17) is 11.6 Å². The van der Waals surface area contributed by atoms with Gasteiger partial charge in [-0.05, 0) is 92.7 Å². The van der Waals surface area contributed by atoms with Gasteiger partial charge in [0, 0.05) is 23.8 Å². The Kier molecular flexibility index (Phi) is 5.88. The second kappa shape index (κ2) is 8.40. The number of nitriles is 1. The second-order valence-electron chi connectivity index (χ2n) is 9.48. The Morgan fingerprint density at radius 1 is 1.21 bits per heavy atom. The molecule has 1 aromatic rings. The molecule has 2 N–H and O–H groups in total. The van der Waals surface area contributed by atoms with Gasteiger partial charge in [-0.1, -0.05) is 23.7 Å². The number of carbonyl (C=O) groups is 1. The molecule has 0 heterocycles. The zero-order chi connectivity index (χ0) is 20.4. The maximum absolute atomic E-state index is 12.7. The lowest BCUT2D eigenvalue weighted by molar-refractivity contribution is -0.122. The minimum atomic E-state index is -0.255. The number of halogens is 1. The molecule has 1 atom stereocenters. The quantitative estimate of drug-likeness (QED) is 0.391. The minimum absolute atomic E-state index is 0.120. The van der Waals surface area contributed by atoms with Gasteiger partial charge in [-0.3, -0.25) is 4.79 Å². The van der Waals surface area contributed by atoms with Gasteiger partial charge < -0.3 is 10.6 Å². The van der Waals surface area contributed by atoms with E-state index < -0.39 is 0 Å². The third-order valence-electron chi connectivity index (χ3n) is 7.43. The highest BCUT2D eigenvalue weighted by atomic mass is 35.5. The molecule has 154 valence electrons.